The topological polar surface area (TPSA) is 76.4 Å². The number of benzene rings is 1. The zero-order valence-electron chi connectivity index (χ0n) is 16.8. The SMILES string of the molecule is Cc1nnc(CNC(=NCc2ccccc2OC(F)F)NCCc2cccs2)n1C. The molecule has 0 amide bonds. The van der Waals surface area contributed by atoms with Crippen LogP contribution in [0.15, 0.2) is 46.8 Å². The molecule has 0 saturated heterocycles. The fraction of sp³-hybridized carbons (Fsp3) is 0.350. The van der Waals surface area contributed by atoms with Crippen molar-refractivity contribution in [2.45, 2.75) is 33.0 Å². The summed E-state index contributed by atoms with van der Waals surface area (Å²) in [5.41, 5.74) is 0.576. The molecule has 10 heteroatoms. The van der Waals surface area contributed by atoms with Crippen molar-refractivity contribution in [2.24, 2.45) is 12.0 Å². The van der Waals surface area contributed by atoms with Gasteiger partial charge in [-0.15, -0.1) is 21.5 Å². The fourth-order valence-electron chi connectivity index (χ4n) is 2.71. The van der Waals surface area contributed by atoms with Crippen molar-refractivity contribution in [1.29, 1.82) is 0 Å². The zero-order valence-corrected chi connectivity index (χ0v) is 17.6. The number of aliphatic imine (C=N–C) groups is 1. The Hall–Kier alpha value is -3.01. The average Bonchev–Trinajstić information content (AvgIpc) is 3.35. The van der Waals surface area contributed by atoms with E-state index in [0.717, 1.165) is 18.1 Å². The van der Waals surface area contributed by atoms with Crippen LogP contribution in [-0.2, 0) is 26.6 Å². The highest BCUT2D eigenvalue weighted by molar-refractivity contribution is 7.09. The number of thiophene rings is 1. The molecule has 3 rings (SSSR count). The molecule has 0 atom stereocenters. The van der Waals surface area contributed by atoms with Crippen LogP contribution in [0.2, 0.25) is 0 Å². The number of hydrogen-bond acceptors (Lipinski definition) is 5. The second-order valence-electron chi connectivity index (χ2n) is 6.48. The number of aryl methyl sites for hydroxylation is 1. The quantitative estimate of drug-likeness (QED) is 0.399. The lowest BCUT2D eigenvalue weighted by Crippen LogP contribution is -2.38. The number of nitrogens with zero attached hydrogens (tertiary/aromatic N) is 4. The summed E-state index contributed by atoms with van der Waals surface area (Å²) >= 11 is 1.70. The van der Waals surface area contributed by atoms with Crippen LogP contribution in [0.3, 0.4) is 0 Å². The summed E-state index contributed by atoms with van der Waals surface area (Å²) in [6.45, 7) is 0.298. The first-order chi connectivity index (χ1) is 14.5. The van der Waals surface area contributed by atoms with E-state index in [2.05, 4.69) is 36.6 Å². The molecule has 3 aromatic rings. The predicted molar refractivity (Wildman–Crippen MR) is 113 cm³/mol. The molecule has 0 unspecified atom stereocenters. The number of para-hydroxylation sites is 1. The Morgan fingerprint density at radius 2 is 2.03 bits per heavy atom. The molecule has 7 nitrogen and oxygen atoms in total. The lowest BCUT2D eigenvalue weighted by molar-refractivity contribution is -0.0504. The molecule has 160 valence electrons. The van der Waals surface area contributed by atoms with Gasteiger partial charge in [0.1, 0.15) is 11.6 Å². The van der Waals surface area contributed by atoms with Gasteiger partial charge in [-0.05, 0) is 30.9 Å². The molecule has 0 spiro atoms. The molecule has 0 saturated carbocycles. The van der Waals surface area contributed by atoms with E-state index in [4.69, 9.17) is 0 Å². The lowest BCUT2D eigenvalue weighted by atomic mass is 10.2. The largest absolute Gasteiger partial charge is 0.434 e. The second kappa shape index (κ2) is 10.7. The van der Waals surface area contributed by atoms with Gasteiger partial charge < -0.3 is 19.9 Å². The van der Waals surface area contributed by atoms with E-state index >= 15 is 0 Å². The molecule has 1 aromatic carbocycles. The van der Waals surface area contributed by atoms with E-state index in [9.17, 15) is 8.78 Å². The molecular weight excluding hydrogens is 410 g/mol. The minimum absolute atomic E-state index is 0.123. The number of ether oxygens (including phenoxy) is 1. The summed E-state index contributed by atoms with van der Waals surface area (Å²) in [6.07, 6.45) is 0.854. The van der Waals surface area contributed by atoms with Crippen LogP contribution in [0.25, 0.3) is 0 Å². The predicted octanol–water partition coefficient (Wildman–Crippen LogP) is 3.26. The Morgan fingerprint density at radius 1 is 1.20 bits per heavy atom. The third-order valence-electron chi connectivity index (χ3n) is 4.44. The van der Waals surface area contributed by atoms with Crippen LogP contribution in [0.4, 0.5) is 8.78 Å². The van der Waals surface area contributed by atoms with Crippen molar-refractivity contribution in [3.05, 3.63) is 63.9 Å². The van der Waals surface area contributed by atoms with Crippen molar-refractivity contribution < 1.29 is 13.5 Å². The summed E-state index contributed by atoms with van der Waals surface area (Å²) in [6, 6.07) is 10.7. The van der Waals surface area contributed by atoms with Gasteiger partial charge in [0.25, 0.3) is 0 Å². The minimum atomic E-state index is -2.88. The minimum Gasteiger partial charge on any atom is -0.434 e. The number of aromatic nitrogens is 3. The van der Waals surface area contributed by atoms with Crippen LogP contribution in [0.5, 0.6) is 5.75 Å². The van der Waals surface area contributed by atoms with Crippen LogP contribution >= 0.6 is 11.3 Å². The molecule has 0 radical (unpaired) electrons. The highest BCUT2D eigenvalue weighted by Gasteiger charge is 2.10. The standard InChI is InChI=1S/C20H24F2N6OS/c1-14-26-27-18(28(14)2)13-25-20(23-10-9-16-7-5-11-30-16)24-12-15-6-3-4-8-17(15)29-19(21)22/h3-8,11,19H,9-10,12-13H2,1-2H3,(H2,23,24,25). The maximum absolute atomic E-state index is 12.7. The van der Waals surface area contributed by atoms with Crippen LogP contribution in [0.1, 0.15) is 22.1 Å². The third kappa shape index (κ3) is 6.24. The van der Waals surface area contributed by atoms with Gasteiger partial charge in [0, 0.05) is 24.0 Å². The van der Waals surface area contributed by atoms with Crippen LogP contribution in [0, 0.1) is 6.92 Å². The third-order valence-corrected chi connectivity index (χ3v) is 5.37. The van der Waals surface area contributed by atoms with Gasteiger partial charge in [-0.25, -0.2) is 4.99 Å². The first-order valence-corrected chi connectivity index (χ1v) is 10.3. The van der Waals surface area contributed by atoms with E-state index in [0.29, 0.717) is 24.6 Å². The number of guanidine groups is 1. The summed E-state index contributed by atoms with van der Waals surface area (Å²) in [5, 5.41) is 16.7. The van der Waals surface area contributed by atoms with E-state index in [1.807, 2.05) is 30.0 Å². The van der Waals surface area contributed by atoms with Crippen molar-refractivity contribution >= 4 is 17.3 Å². The number of rotatable bonds is 9. The van der Waals surface area contributed by atoms with Gasteiger partial charge in [-0.1, -0.05) is 24.3 Å². The van der Waals surface area contributed by atoms with Crippen molar-refractivity contribution in [3.8, 4) is 5.75 Å². The molecule has 2 heterocycles. The van der Waals surface area contributed by atoms with E-state index in [-0.39, 0.29) is 12.3 Å². The summed E-state index contributed by atoms with van der Waals surface area (Å²) in [4.78, 5) is 5.81. The zero-order chi connectivity index (χ0) is 21.3. The molecule has 0 aliphatic carbocycles. The van der Waals surface area contributed by atoms with Gasteiger partial charge >= 0.3 is 6.61 Å². The summed E-state index contributed by atoms with van der Waals surface area (Å²) in [7, 11) is 1.89. The maximum atomic E-state index is 12.7. The molecule has 30 heavy (non-hydrogen) atoms. The Balaban J connectivity index is 1.68. The number of nitrogens with one attached hydrogen (secondary N) is 2. The van der Waals surface area contributed by atoms with E-state index in [1.165, 1.54) is 10.9 Å². The molecule has 0 aliphatic heterocycles. The van der Waals surface area contributed by atoms with Crippen molar-refractivity contribution in [2.75, 3.05) is 6.54 Å². The highest BCUT2D eigenvalue weighted by atomic mass is 32.1. The second-order valence-corrected chi connectivity index (χ2v) is 7.52. The van der Waals surface area contributed by atoms with Gasteiger partial charge in [0.2, 0.25) is 0 Å². The van der Waals surface area contributed by atoms with E-state index in [1.54, 1.807) is 29.5 Å². The highest BCUT2D eigenvalue weighted by Crippen LogP contribution is 2.21. The van der Waals surface area contributed by atoms with Gasteiger partial charge in [-0.3, -0.25) is 0 Å². The monoisotopic (exact) mass is 434 g/mol. The van der Waals surface area contributed by atoms with Crippen molar-refractivity contribution in [1.82, 2.24) is 25.4 Å². The number of alkyl halides is 2. The normalized spacial score (nSPS) is 11.7. The van der Waals surface area contributed by atoms with Gasteiger partial charge in [0.15, 0.2) is 11.8 Å². The van der Waals surface area contributed by atoms with Crippen LogP contribution < -0.4 is 15.4 Å². The maximum Gasteiger partial charge on any atom is 0.387 e. The first kappa shape index (κ1) is 21.7. The lowest BCUT2D eigenvalue weighted by Gasteiger charge is -2.13. The summed E-state index contributed by atoms with van der Waals surface area (Å²) < 4.78 is 31.8. The molecule has 0 fully saturated rings. The van der Waals surface area contributed by atoms with Gasteiger partial charge in [-0.2, -0.15) is 8.78 Å². The Bertz CT molecular complexity index is 958. The molecule has 0 bridgehead atoms. The molecule has 2 N–H and O–H groups in total. The fourth-order valence-corrected chi connectivity index (χ4v) is 3.42. The number of halogens is 2. The molecular formula is C20H24F2N6OS. The Morgan fingerprint density at radius 3 is 2.73 bits per heavy atom. The first-order valence-electron chi connectivity index (χ1n) is 9.45. The van der Waals surface area contributed by atoms with Crippen molar-refractivity contribution in [3.63, 3.8) is 0 Å². The van der Waals surface area contributed by atoms with Crippen LogP contribution in [-0.4, -0.2) is 33.9 Å². The Labute approximate surface area is 177 Å². The number of hydrogen-bond donors (Lipinski definition) is 2. The Kier molecular flexibility index (Phi) is 7.72. The van der Waals surface area contributed by atoms with Gasteiger partial charge in [0.05, 0.1) is 13.1 Å². The average molecular weight is 435 g/mol. The molecule has 2 aromatic heterocycles. The van der Waals surface area contributed by atoms with E-state index < -0.39 is 6.61 Å². The molecule has 0 aliphatic rings. The smallest absolute Gasteiger partial charge is 0.387 e. The summed E-state index contributed by atoms with van der Waals surface area (Å²) in [5.74, 6) is 2.26.